The average Bonchev–Trinajstić information content (AvgIpc) is 2.43. The lowest BCUT2D eigenvalue weighted by atomic mass is 9.61. The molecule has 1 aromatic carbocycles. The fourth-order valence-corrected chi connectivity index (χ4v) is 2.46. The van der Waals surface area contributed by atoms with E-state index in [-0.39, 0.29) is 0 Å². The van der Waals surface area contributed by atoms with Gasteiger partial charge in [-0.15, -0.1) is 0 Å². The molecular weight excluding hydrogens is 398 g/mol. The van der Waals surface area contributed by atoms with Crippen LogP contribution in [0.5, 0.6) is 0 Å². The first-order valence-corrected chi connectivity index (χ1v) is 5.65. The van der Waals surface area contributed by atoms with E-state index in [0.29, 0.717) is 0 Å². The van der Waals surface area contributed by atoms with Crippen molar-refractivity contribution in [2.75, 3.05) is 0 Å². The molecule has 0 fully saturated rings. The summed E-state index contributed by atoms with van der Waals surface area (Å²) in [6, 6.07) is 0. The first-order valence-electron chi connectivity index (χ1n) is 5.65. The molecule has 0 bridgehead atoms. The topological polar surface area (TPSA) is 0 Å². The van der Waals surface area contributed by atoms with E-state index in [1.807, 2.05) is 0 Å². The minimum absolute atomic E-state index is 2.98. The van der Waals surface area contributed by atoms with E-state index >= 15 is 0 Å². The summed E-state index contributed by atoms with van der Waals surface area (Å²) in [5.74, 6) is -19.1. The summed E-state index contributed by atoms with van der Waals surface area (Å²) >= 11 is 0. The van der Waals surface area contributed by atoms with Crippen molar-refractivity contribution >= 4 is 0 Å². The minimum atomic E-state index is -7.46. The molecular formula is C11F14. The van der Waals surface area contributed by atoms with Crippen molar-refractivity contribution in [2.24, 2.45) is 0 Å². The third kappa shape index (κ3) is 1.85. The van der Waals surface area contributed by atoms with E-state index in [4.69, 9.17) is 0 Å². The van der Waals surface area contributed by atoms with E-state index in [1.54, 1.807) is 0 Å². The zero-order valence-electron chi connectivity index (χ0n) is 10.8. The van der Waals surface area contributed by atoms with Gasteiger partial charge in [-0.05, 0) is 0 Å². The summed E-state index contributed by atoms with van der Waals surface area (Å²) in [6.45, 7) is 0. The van der Waals surface area contributed by atoms with Crippen LogP contribution in [0.4, 0.5) is 61.5 Å². The van der Waals surface area contributed by atoms with Crippen molar-refractivity contribution in [2.45, 2.75) is 29.6 Å². The lowest BCUT2D eigenvalue weighted by Gasteiger charge is -2.51. The maximum atomic E-state index is 14.2. The van der Waals surface area contributed by atoms with Crippen molar-refractivity contribution in [3.63, 3.8) is 0 Å². The average molecular weight is 398 g/mol. The number of halogens is 14. The van der Waals surface area contributed by atoms with Gasteiger partial charge in [-0.2, -0.15) is 35.1 Å². The molecule has 1 aliphatic carbocycles. The molecule has 1 aliphatic rings. The maximum absolute atomic E-state index is 14.2. The van der Waals surface area contributed by atoms with Crippen LogP contribution < -0.4 is 0 Å². The van der Waals surface area contributed by atoms with Crippen LogP contribution >= 0.6 is 0 Å². The molecule has 0 aromatic heterocycles. The lowest BCUT2D eigenvalue weighted by Crippen LogP contribution is -2.73. The molecule has 0 N–H and O–H groups in total. The number of alkyl halides is 10. The predicted octanol–water partition coefficient (Wildman–Crippen LogP) is 5.35. The first kappa shape index (κ1) is 19.6. The molecule has 0 unspecified atom stereocenters. The van der Waals surface area contributed by atoms with E-state index in [9.17, 15) is 61.5 Å². The summed E-state index contributed by atoms with van der Waals surface area (Å²) in [5.41, 5.74) is -20.3. The van der Waals surface area contributed by atoms with Crippen LogP contribution in [0.3, 0.4) is 0 Å². The highest BCUT2D eigenvalue weighted by atomic mass is 19.4. The molecule has 1 aromatic rings. The van der Waals surface area contributed by atoms with Crippen molar-refractivity contribution in [1.82, 2.24) is 0 Å². The Kier molecular flexibility index (Phi) is 3.67. The highest BCUT2D eigenvalue weighted by molar-refractivity contribution is 5.54. The fraction of sp³-hybridized carbons (Fsp3) is 0.455. The normalized spacial score (nSPS) is 23.3. The van der Waals surface area contributed by atoms with E-state index in [2.05, 4.69) is 0 Å². The van der Waals surface area contributed by atoms with Gasteiger partial charge in [-0.25, -0.2) is 26.3 Å². The van der Waals surface area contributed by atoms with Crippen LogP contribution in [0.1, 0.15) is 11.1 Å². The Balaban J connectivity index is 3.01. The Morgan fingerprint density at radius 3 is 1.16 bits per heavy atom. The van der Waals surface area contributed by atoms with Gasteiger partial charge in [0.05, 0.1) is 11.1 Å². The van der Waals surface area contributed by atoms with Gasteiger partial charge in [0.2, 0.25) is 0 Å². The largest absolute Gasteiger partial charge is 0.435 e. The van der Waals surface area contributed by atoms with Gasteiger partial charge in [0.1, 0.15) is 0 Å². The monoisotopic (exact) mass is 398 g/mol. The molecule has 1 atom stereocenters. The Hall–Kier alpha value is -1.76. The third-order valence-corrected chi connectivity index (χ3v) is 3.61. The molecule has 0 heterocycles. The summed E-state index contributed by atoms with van der Waals surface area (Å²) in [5, 5.41) is 0. The number of hydrogen-bond acceptors (Lipinski definition) is 0. The molecule has 0 nitrogen and oxygen atoms in total. The lowest BCUT2D eigenvalue weighted by molar-refractivity contribution is -0.416. The number of fused-ring (bicyclic) bond motifs is 1. The van der Waals surface area contributed by atoms with Crippen molar-refractivity contribution in [1.29, 1.82) is 0 Å². The van der Waals surface area contributed by atoms with Gasteiger partial charge in [0.15, 0.2) is 23.3 Å². The van der Waals surface area contributed by atoms with Crippen LogP contribution in [-0.4, -0.2) is 18.0 Å². The summed E-state index contributed by atoms with van der Waals surface area (Å²) in [7, 11) is 0. The summed E-state index contributed by atoms with van der Waals surface area (Å²) in [6.07, 6.45) is -14.9. The van der Waals surface area contributed by atoms with Crippen LogP contribution in [0.15, 0.2) is 0 Å². The standard InChI is InChI=1S/C11F14/c12-3-1-2(4(13)6(15)5(3)14)8(17,18)7(1,16)9(19,10(20,21)22)11(23,24)25/t7-/m1/s1. The van der Waals surface area contributed by atoms with Gasteiger partial charge < -0.3 is 0 Å². The smallest absolute Gasteiger partial charge is 0.227 e. The number of benzene rings is 1. The number of hydrogen-bond donors (Lipinski definition) is 0. The molecule has 2 rings (SSSR count). The highest BCUT2D eigenvalue weighted by Gasteiger charge is 2.94. The molecule has 0 radical (unpaired) electrons. The Morgan fingerprint density at radius 2 is 0.840 bits per heavy atom. The SMILES string of the molecule is Fc1c(F)c(F)c2c(c1F)C(F)(F)[C@@]2(F)C(F)(C(F)(F)F)C(F)(F)F. The first-order chi connectivity index (χ1) is 10.9. The van der Waals surface area contributed by atoms with E-state index in [1.165, 1.54) is 0 Å². The Bertz CT molecular complexity index is 727. The quantitative estimate of drug-likeness (QED) is 0.340. The predicted molar refractivity (Wildman–Crippen MR) is 48.9 cm³/mol. The summed E-state index contributed by atoms with van der Waals surface area (Å²) in [4.78, 5) is 0. The Morgan fingerprint density at radius 1 is 0.520 bits per heavy atom. The molecule has 0 amide bonds. The van der Waals surface area contributed by atoms with Gasteiger partial charge >= 0.3 is 23.9 Å². The molecule has 25 heavy (non-hydrogen) atoms. The molecule has 0 aliphatic heterocycles. The maximum Gasteiger partial charge on any atom is 0.435 e. The number of rotatable bonds is 1. The van der Waals surface area contributed by atoms with Crippen molar-refractivity contribution < 1.29 is 61.5 Å². The van der Waals surface area contributed by atoms with Crippen molar-refractivity contribution in [3.8, 4) is 0 Å². The molecule has 142 valence electrons. The second kappa shape index (κ2) is 4.69. The second-order valence-corrected chi connectivity index (χ2v) is 4.89. The zero-order chi connectivity index (χ0) is 20.0. The minimum Gasteiger partial charge on any atom is -0.227 e. The molecule has 0 saturated heterocycles. The molecule has 14 heteroatoms. The van der Waals surface area contributed by atoms with Gasteiger partial charge in [-0.3, -0.25) is 0 Å². The molecule has 0 saturated carbocycles. The van der Waals surface area contributed by atoms with Crippen LogP contribution in [-0.2, 0) is 11.6 Å². The highest BCUT2D eigenvalue weighted by Crippen LogP contribution is 2.72. The fourth-order valence-electron chi connectivity index (χ4n) is 2.46. The third-order valence-electron chi connectivity index (χ3n) is 3.61. The van der Waals surface area contributed by atoms with Crippen LogP contribution in [0, 0.1) is 23.3 Å². The van der Waals surface area contributed by atoms with E-state index in [0.717, 1.165) is 0 Å². The van der Waals surface area contributed by atoms with E-state index < -0.39 is 64.0 Å². The van der Waals surface area contributed by atoms with Gasteiger partial charge in [0.25, 0.3) is 5.67 Å². The van der Waals surface area contributed by atoms with Crippen LogP contribution in [0.25, 0.3) is 0 Å². The summed E-state index contributed by atoms with van der Waals surface area (Å²) < 4.78 is 183. The zero-order valence-corrected chi connectivity index (χ0v) is 10.8. The Labute approximate surface area is 127 Å². The molecule has 0 spiro atoms. The van der Waals surface area contributed by atoms with Crippen LogP contribution in [0.2, 0.25) is 0 Å². The van der Waals surface area contributed by atoms with Gasteiger partial charge in [0, 0.05) is 0 Å². The van der Waals surface area contributed by atoms with Crippen molar-refractivity contribution in [3.05, 3.63) is 34.4 Å². The van der Waals surface area contributed by atoms with Gasteiger partial charge in [-0.1, -0.05) is 0 Å². The second-order valence-electron chi connectivity index (χ2n) is 4.89.